The zero-order chi connectivity index (χ0) is 21.9. The topological polar surface area (TPSA) is 40.6 Å². The molecule has 2 amide bonds. The smallest absolute Gasteiger partial charge is 0.242 e. The first kappa shape index (κ1) is 22.5. The molecule has 30 heavy (non-hydrogen) atoms. The molecule has 0 saturated heterocycles. The van der Waals surface area contributed by atoms with Crippen LogP contribution >= 0.6 is 11.3 Å². The maximum Gasteiger partial charge on any atom is 0.242 e. The van der Waals surface area contributed by atoms with Crippen molar-refractivity contribution in [2.24, 2.45) is 0 Å². The van der Waals surface area contributed by atoms with Gasteiger partial charge in [0.25, 0.3) is 0 Å². The van der Waals surface area contributed by atoms with Crippen molar-refractivity contribution in [3.63, 3.8) is 0 Å². The number of hydrogen-bond acceptors (Lipinski definition) is 3. The van der Waals surface area contributed by atoms with Gasteiger partial charge in [0, 0.05) is 24.9 Å². The van der Waals surface area contributed by atoms with E-state index in [-0.39, 0.29) is 29.8 Å². The highest BCUT2D eigenvalue weighted by Gasteiger charge is 2.33. The van der Waals surface area contributed by atoms with Crippen LogP contribution in [-0.2, 0) is 21.4 Å². The largest absolute Gasteiger partial charge is 0.334 e. The molecule has 0 saturated carbocycles. The van der Waals surface area contributed by atoms with E-state index in [1.54, 1.807) is 23.2 Å². The van der Waals surface area contributed by atoms with Crippen molar-refractivity contribution >= 4 is 23.2 Å². The Morgan fingerprint density at radius 3 is 2.47 bits per heavy atom. The molecule has 0 unspecified atom stereocenters. The fourth-order valence-corrected chi connectivity index (χ4v) is 4.96. The van der Waals surface area contributed by atoms with Crippen molar-refractivity contribution in [2.75, 3.05) is 19.6 Å². The molecule has 1 atom stereocenters. The maximum atomic E-state index is 13.4. The second-order valence-electron chi connectivity index (χ2n) is 9.20. The summed E-state index contributed by atoms with van der Waals surface area (Å²) in [6, 6.07) is 10.8. The fraction of sp³-hybridized carbons (Fsp3) is 0.520. The van der Waals surface area contributed by atoms with Gasteiger partial charge < -0.3 is 9.80 Å². The number of benzene rings is 1. The van der Waals surface area contributed by atoms with Gasteiger partial charge in [-0.05, 0) is 46.4 Å². The van der Waals surface area contributed by atoms with E-state index >= 15 is 0 Å². The predicted molar refractivity (Wildman–Crippen MR) is 124 cm³/mol. The molecular formula is C25H34N2O2S. The van der Waals surface area contributed by atoms with Gasteiger partial charge in [-0.25, -0.2) is 0 Å². The molecule has 0 fully saturated rings. The lowest BCUT2D eigenvalue weighted by Gasteiger charge is -2.37. The molecule has 0 bridgehead atoms. The Kier molecular flexibility index (Phi) is 7.02. The SMILES string of the molecule is CCCCN(CC(=O)N1CCc2sccc2[C@H]1c1ccc(C(C)(C)C)cc1)C(C)=O. The van der Waals surface area contributed by atoms with Crippen LogP contribution in [-0.4, -0.2) is 41.2 Å². The summed E-state index contributed by atoms with van der Waals surface area (Å²) in [6.07, 6.45) is 2.80. The van der Waals surface area contributed by atoms with E-state index in [2.05, 4.69) is 63.4 Å². The highest BCUT2D eigenvalue weighted by Crippen LogP contribution is 2.38. The first-order chi connectivity index (χ1) is 14.2. The van der Waals surface area contributed by atoms with Crippen molar-refractivity contribution in [3.8, 4) is 0 Å². The zero-order valence-electron chi connectivity index (χ0n) is 18.9. The van der Waals surface area contributed by atoms with Crippen LogP contribution in [0, 0.1) is 0 Å². The molecule has 0 radical (unpaired) electrons. The molecule has 1 aromatic carbocycles. The van der Waals surface area contributed by atoms with E-state index in [0.29, 0.717) is 13.1 Å². The van der Waals surface area contributed by atoms with Crippen LogP contribution in [0.3, 0.4) is 0 Å². The third kappa shape index (κ3) is 4.94. The van der Waals surface area contributed by atoms with Crippen LogP contribution in [0.1, 0.15) is 75.1 Å². The molecule has 1 aliphatic heterocycles. The van der Waals surface area contributed by atoms with Crippen LogP contribution in [0.15, 0.2) is 35.7 Å². The highest BCUT2D eigenvalue weighted by molar-refractivity contribution is 7.10. The molecule has 0 aliphatic carbocycles. The Balaban J connectivity index is 1.89. The van der Waals surface area contributed by atoms with Crippen molar-refractivity contribution in [2.45, 2.75) is 65.3 Å². The quantitative estimate of drug-likeness (QED) is 0.639. The third-order valence-corrected chi connectivity index (χ3v) is 6.93. The molecule has 2 heterocycles. The first-order valence-electron chi connectivity index (χ1n) is 10.9. The summed E-state index contributed by atoms with van der Waals surface area (Å²) < 4.78 is 0. The first-order valence-corrected chi connectivity index (χ1v) is 11.8. The molecule has 1 aromatic heterocycles. The Morgan fingerprint density at radius 2 is 1.87 bits per heavy atom. The van der Waals surface area contributed by atoms with Crippen molar-refractivity contribution < 1.29 is 9.59 Å². The minimum absolute atomic E-state index is 0.0306. The second-order valence-corrected chi connectivity index (χ2v) is 10.2. The van der Waals surface area contributed by atoms with E-state index in [4.69, 9.17) is 0 Å². The molecule has 0 N–H and O–H groups in total. The van der Waals surface area contributed by atoms with Crippen molar-refractivity contribution in [1.29, 1.82) is 0 Å². The van der Waals surface area contributed by atoms with Crippen LogP contribution in [0.25, 0.3) is 0 Å². The van der Waals surface area contributed by atoms with Crippen LogP contribution in [0.2, 0.25) is 0 Å². The highest BCUT2D eigenvalue weighted by atomic mass is 32.1. The number of carbonyl (C=O) groups is 2. The van der Waals surface area contributed by atoms with Crippen LogP contribution in [0.5, 0.6) is 0 Å². The average Bonchev–Trinajstić information content (AvgIpc) is 3.18. The number of nitrogens with zero attached hydrogens (tertiary/aromatic N) is 2. The Morgan fingerprint density at radius 1 is 1.17 bits per heavy atom. The lowest BCUT2D eigenvalue weighted by Crippen LogP contribution is -2.46. The lowest BCUT2D eigenvalue weighted by molar-refractivity contribution is -0.140. The van der Waals surface area contributed by atoms with Gasteiger partial charge in [0.15, 0.2) is 0 Å². The van der Waals surface area contributed by atoms with Gasteiger partial charge in [0.2, 0.25) is 11.8 Å². The molecule has 2 aromatic rings. The van der Waals surface area contributed by atoms with E-state index in [1.807, 2.05) is 4.90 Å². The van der Waals surface area contributed by atoms with Gasteiger partial charge >= 0.3 is 0 Å². The normalized spacial score (nSPS) is 16.3. The van der Waals surface area contributed by atoms with Gasteiger partial charge in [-0.2, -0.15) is 0 Å². The Hall–Kier alpha value is -2.14. The van der Waals surface area contributed by atoms with Gasteiger partial charge in [-0.3, -0.25) is 9.59 Å². The molecule has 4 nitrogen and oxygen atoms in total. The van der Waals surface area contributed by atoms with Crippen molar-refractivity contribution in [1.82, 2.24) is 9.80 Å². The summed E-state index contributed by atoms with van der Waals surface area (Å²) in [5, 5.41) is 2.12. The summed E-state index contributed by atoms with van der Waals surface area (Å²) in [7, 11) is 0. The Labute approximate surface area is 184 Å². The fourth-order valence-electron chi connectivity index (χ4n) is 4.06. The molecule has 3 rings (SSSR count). The predicted octanol–water partition coefficient (Wildman–Crippen LogP) is 5.17. The molecule has 162 valence electrons. The minimum atomic E-state index is -0.0819. The van der Waals surface area contributed by atoms with E-state index in [0.717, 1.165) is 24.8 Å². The number of thiophene rings is 1. The molecule has 1 aliphatic rings. The number of fused-ring (bicyclic) bond motifs is 1. The van der Waals surface area contributed by atoms with Gasteiger partial charge in [0.1, 0.15) is 0 Å². The maximum absolute atomic E-state index is 13.4. The van der Waals surface area contributed by atoms with Gasteiger partial charge in [-0.15, -0.1) is 11.3 Å². The molecule has 5 heteroatoms. The summed E-state index contributed by atoms with van der Waals surface area (Å²) >= 11 is 1.77. The summed E-state index contributed by atoms with van der Waals surface area (Å²) in [5.41, 5.74) is 3.74. The van der Waals surface area contributed by atoms with Crippen LogP contribution < -0.4 is 0 Å². The summed E-state index contributed by atoms with van der Waals surface area (Å²) in [5.74, 6) is -0.000775. The van der Waals surface area contributed by atoms with Gasteiger partial charge in [-0.1, -0.05) is 58.4 Å². The second kappa shape index (κ2) is 9.34. The molecular weight excluding hydrogens is 392 g/mol. The van der Waals surface area contributed by atoms with Crippen molar-refractivity contribution in [3.05, 3.63) is 57.3 Å². The summed E-state index contributed by atoms with van der Waals surface area (Å²) in [4.78, 5) is 30.4. The standard InChI is InChI=1S/C25H34N2O2S/c1-6-7-14-26(18(2)28)17-23(29)27-15-12-22-21(13-16-30-22)24(27)19-8-10-20(11-9-19)25(3,4)5/h8-11,13,16,24H,6-7,12,14-15,17H2,1-5H3/t24-/m1/s1. The summed E-state index contributed by atoms with van der Waals surface area (Å²) in [6.45, 7) is 11.8. The van der Waals surface area contributed by atoms with E-state index in [1.165, 1.54) is 16.0 Å². The van der Waals surface area contributed by atoms with E-state index < -0.39 is 0 Å². The number of amides is 2. The molecule has 0 spiro atoms. The van der Waals surface area contributed by atoms with E-state index in [9.17, 15) is 9.59 Å². The third-order valence-electron chi connectivity index (χ3n) is 5.93. The number of rotatable bonds is 6. The minimum Gasteiger partial charge on any atom is -0.334 e. The van der Waals surface area contributed by atoms with Crippen LogP contribution in [0.4, 0.5) is 0 Å². The number of unbranched alkanes of at least 4 members (excludes halogenated alkanes) is 1. The number of hydrogen-bond donors (Lipinski definition) is 0. The lowest BCUT2D eigenvalue weighted by atomic mass is 9.85. The number of carbonyl (C=O) groups excluding carboxylic acids is 2. The average molecular weight is 427 g/mol. The Bertz CT molecular complexity index is 879. The monoisotopic (exact) mass is 426 g/mol. The zero-order valence-corrected chi connectivity index (χ0v) is 19.7. The van der Waals surface area contributed by atoms with Gasteiger partial charge in [0.05, 0.1) is 12.6 Å².